The quantitative estimate of drug-likeness (QED) is 0.664. The number of hydrogen-bond acceptors (Lipinski definition) is 4. The van der Waals surface area contributed by atoms with E-state index in [0.717, 1.165) is 9.15 Å². The summed E-state index contributed by atoms with van der Waals surface area (Å²) in [5.41, 5.74) is 0.647. The zero-order valence-corrected chi connectivity index (χ0v) is 14.6. The molecule has 3 rings (SSSR count). The van der Waals surface area contributed by atoms with E-state index < -0.39 is 11.6 Å². The molecule has 0 spiro atoms. The number of benzene rings is 1. The van der Waals surface area contributed by atoms with Gasteiger partial charge in [-0.05, 0) is 40.2 Å². The van der Waals surface area contributed by atoms with Crippen LogP contribution in [0.15, 0.2) is 57.9 Å². The SMILES string of the molecule is O=C(Cn1nc2ccccn2c1=O)NCC(=O)Nc1ccccc1Br. The third-order valence-electron chi connectivity index (χ3n) is 3.38. The average Bonchev–Trinajstić information content (AvgIpc) is 2.91. The van der Waals surface area contributed by atoms with Crippen LogP contribution in [0.3, 0.4) is 0 Å². The number of para-hydroxylation sites is 1. The summed E-state index contributed by atoms with van der Waals surface area (Å²) in [6.45, 7) is -0.467. The first kappa shape index (κ1) is 16.9. The van der Waals surface area contributed by atoms with E-state index in [-0.39, 0.29) is 19.0 Å². The molecule has 8 nitrogen and oxygen atoms in total. The lowest BCUT2D eigenvalue weighted by Crippen LogP contribution is -2.37. The number of rotatable bonds is 5. The zero-order chi connectivity index (χ0) is 17.8. The molecule has 2 amide bonds. The molecule has 25 heavy (non-hydrogen) atoms. The average molecular weight is 404 g/mol. The predicted octanol–water partition coefficient (Wildman–Crippen LogP) is 1.01. The third-order valence-corrected chi connectivity index (χ3v) is 4.07. The van der Waals surface area contributed by atoms with E-state index in [0.29, 0.717) is 11.3 Å². The summed E-state index contributed by atoms with van der Waals surface area (Å²) < 4.78 is 3.13. The number of nitrogens with zero attached hydrogens (tertiary/aromatic N) is 3. The molecular weight excluding hydrogens is 390 g/mol. The summed E-state index contributed by atoms with van der Waals surface area (Å²) in [7, 11) is 0. The topological polar surface area (TPSA) is 97.5 Å². The third kappa shape index (κ3) is 3.94. The number of aromatic nitrogens is 3. The molecule has 3 aromatic rings. The summed E-state index contributed by atoms with van der Waals surface area (Å²) in [5.74, 6) is -0.851. The van der Waals surface area contributed by atoms with Crippen molar-refractivity contribution < 1.29 is 9.59 Å². The van der Waals surface area contributed by atoms with Crippen LogP contribution in [0.5, 0.6) is 0 Å². The molecule has 128 valence electrons. The molecule has 0 atom stereocenters. The number of carbonyl (C=O) groups excluding carboxylic acids is 2. The minimum absolute atomic E-state index is 0.206. The first-order valence-corrected chi connectivity index (χ1v) is 8.19. The van der Waals surface area contributed by atoms with Crippen LogP contribution in [-0.4, -0.2) is 32.5 Å². The Morgan fingerprint density at radius 3 is 2.60 bits per heavy atom. The van der Waals surface area contributed by atoms with Crippen LogP contribution < -0.4 is 16.3 Å². The Balaban J connectivity index is 1.57. The Morgan fingerprint density at radius 2 is 1.84 bits per heavy atom. The fourth-order valence-electron chi connectivity index (χ4n) is 2.20. The number of anilines is 1. The summed E-state index contributed by atoms with van der Waals surface area (Å²) >= 11 is 3.32. The first-order chi connectivity index (χ1) is 12.0. The second-order valence-electron chi connectivity index (χ2n) is 5.17. The molecule has 0 fully saturated rings. The number of nitrogens with one attached hydrogen (secondary N) is 2. The second kappa shape index (κ2) is 7.31. The van der Waals surface area contributed by atoms with Crippen molar-refractivity contribution in [1.82, 2.24) is 19.5 Å². The Labute approximate surface area is 150 Å². The Bertz CT molecular complexity index is 995. The zero-order valence-electron chi connectivity index (χ0n) is 13.0. The van der Waals surface area contributed by atoms with Gasteiger partial charge in [0, 0.05) is 10.7 Å². The van der Waals surface area contributed by atoms with E-state index in [1.807, 2.05) is 6.07 Å². The van der Waals surface area contributed by atoms with Gasteiger partial charge in [-0.25, -0.2) is 9.48 Å². The molecule has 2 heterocycles. The first-order valence-electron chi connectivity index (χ1n) is 7.40. The number of pyridine rings is 1. The van der Waals surface area contributed by atoms with Crippen LogP contribution in [0, 0.1) is 0 Å². The maximum atomic E-state index is 12.1. The van der Waals surface area contributed by atoms with Gasteiger partial charge in [0.2, 0.25) is 11.8 Å². The molecule has 0 unspecified atom stereocenters. The molecule has 0 radical (unpaired) electrons. The van der Waals surface area contributed by atoms with Gasteiger partial charge in [-0.15, -0.1) is 5.10 Å². The van der Waals surface area contributed by atoms with Crippen molar-refractivity contribution in [3.05, 3.63) is 63.6 Å². The minimum atomic E-state index is -0.479. The molecule has 1 aromatic carbocycles. The van der Waals surface area contributed by atoms with Gasteiger partial charge in [-0.1, -0.05) is 18.2 Å². The van der Waals surface area contributed by atoms with Gasteiger partial charge in [0.15, 0.2) is 5.65 Å². The van der Waals surface area contributed by atoms with Gasteiger partial charge in [-0.2, -0.15) is 0 Å². The standard InChI is InChI=1S/C16H14BrN5O3/c17-11-5-1-2-6-12(11)19-14(23)9-18-15(24)10-22-16(25)21-8-4-3-7-13(21)20-22/h1-8H,9-10H2,(H,18,24)(H,19,23). The highest BCUT2D eigenvalue weighted by molar-refractivity contribution is 9.10. The van der Waals surface area contributed by atoms with Crippen LogP contribution in [-0.2, 0) is 16.1 Å². The van der Waals surface area contributed by atoms with Gasteiger partial charge >= 0.3 is 5.69 Å². The van der Waals surface area contributed by atoms with Gasteiger partial charge in [0.25, 0.3) is 0 Å². The molecule has 9 heteroatoms. The molecular formula is C16H14BrN5O3. The molecule has 0 aliphatic rings. The highest BCUT2D eigenvalue weighted by atomic mass is 79.9. The number of fused-ring (bicyclic) bond motifs is 1. The van der Waals surface area contributed by atoms with Crippen molar-refractivity contribution in [3.63, 3.8) is 0 Å². The van der Waals surface area contributed by atoms with E-state index in [1.165, 1.54) is 4.40 Å². The molecule has 2 aromatic heterocycles. The lowest BCUT2D eigenvalue weighted by atomic mass is 10.3. The lowest BCUT2D eigenvalue weighted by Gasteiger charge is -2.08. The number of hydrogen-bond donors (Lipinski definition) is 2. The van der Waals surface area contributed by atoms with Gasteiger partial charge < -0.3 is 10.6 Å². The molecule has 0 saturated carbocycles. The van der Waals surface area contributed by atoms with E-state index in [2.05, 4.69) is 31.7 Å². The maximum absolute atomic E-state index is 12.1. The van der Waals surface area contributed by atoms with Gasteiger partial charge in [0.1, 0.15) is 6.54 Å². The van der Waals surface area contributed by atoms with Gasteiger partial charge in [0.05, 0.1) is 12.2 Å². The van der Waals surface area contributed by atoms with Crippen molar-refractivity contribution in [1.29, 1.82) is 0 Å². The summed E-state index contributed by atoms with van der Waals surface area (Å²) in [6.07, 6.45) is 1.57. The summed E-state index contributed by atoms with van der Waals surface area (Å²) in [6, 6.07) is 12.3. The van der Waals surface area contributed by atoms with Crippen LogP contribution in [0.25, 0.3) is 5.65 Å². The maximum Gasteiger partial charge on any atom is 0.350 e. The molecule has 0 bridgehead atoms. The lowest BCUT2D eigenvalue weighted by molar-refractivity contribution is -0.124. The molecule has 2 N–H and O–H groups in total. The van der Waals surface area contributed by atoms with Crippen molar-refractivity contribution in [3.8, 4) is 0 Å². The van der Waals surface area contributed by atoms with E-state index in [1.54, 1.807) is 42.6 Å². The number of halogens is 1. The number of amides is 2. The summed E-state index contributed by atoms with van der Waals surface area (Å²) in [5, 5.41) is 9.20. The van der Waals surface area contributed by atoms with Gasteiger partial charge in [-0.3, -0.25) is 14.0 Å². The Morgan fingerprint density at radius 1 is 1.08 bits per heavy atom. The largest absolute Gasteiger partial charge is 0.350 e. The van der Waals surface area contributed by atoms with Crippen LogP contribution in [0.2, 0.25) is 0 Å². The second-order valence-corrected chi connectivity index (χ2v) is 6.03. The minimum Gasteiger partial charge on any atom is -0.345 e. The highest BCUT2D eigenvalue weighted by Gasteiger charge is 2.12. The molecule has 0 aliphatic carbocycles. The monoisotopic (exact) mass is 403 g/mol. The van der Waals surface area contributed by atoms with E-state index in [9.17, 15) is 14.4 Å². The molecule has 0 saturated heterocycles. The Kier molecular flexibility index (Phi) is 4.94. The fraction of sp³-hybridized carbons (Fsp3) is 0.125. The summed E-state index contributed by atoms with van der Waals surface area (Å²) in [4.78, 5) is 35.9. The predicted molar refractivity (Wildman–Crippen MR) is 95.2 cm³/mol. The normalized spacial score (nSPS) is 10.6. The van der Waals surface area contributed by atoms with Crippen molar-refractivity contribution >= 4 is 39.1 Å². The van der Waals surface area contributed by atoms with E-state index >= 15 is 0 Å². The van der Waals surface area contributed by atoms with E-state index in [4.69, 9.17) is 0 Å². The Hall–Kier alpha value is -2.94. The highest BCUT2D eigenvalue weighted by Crippen LogP contribution is 2.20. The van der Waals surface area contributed by atoms with Crippen molar-refractivity contribution in [2.24, 2.45) is 0 Å². The molecule has 0 aliphatic heterocycles. The van der Waals surface area contributed by atoms with Crippen molar-refractivity contribution in [2.45, 2.75) is 6.54 Å². The number of carbonyl (C=O) groups is 2. The van der Waals surface area contributed by atoms with Crippen LogP contribution in [0.4, 0.5) is 5.69 Å². The fourth-order valence-corrected chi connectivity index (χ4v) is 2.58. The smallest absolute Gasteiger partial charge is 0.345 e. The van der Waals surface area contributed by atoms with Crippen molar-refractivity contribution in [2.75, 3.05) is 11.9 Å². The van der Waals surface area contributed by atoms with Crippen LogP contribution >= 0.6 is 15.9 Å². The van der Waals surface area contributed by atoms with Crippen LogP contribution in [0.1, 0.15) is 0 Å².